The van der Waals surface area contributed by atoms with Crippen molar-refractivity contribution in [3.63, 3.8) is 0 Å². The topological polar surface area (TPSA) is 58.6 Å². The van der Waals surface area contributed by atoms with Gasteiger partial charge in [-0.2, -0.15) is 0 Å². The minimum atomic E-state index is -0.642. The van der Waals surface area contributed by atoms with Gasteiger partial charge in [0.25, 0.3) is 0 Å². The van der Waals surface area contributed by atoms with Crippen LogP contribution in [-0.2, 0) is 9.53 Å². The van der Waals surface area contributed by atoms with E-state index in [-0.39, 0.29) is 12.6 Å². The lowest BCUT2D eigenvalue weighted by atomic mass is 9.95. The highest BCUT2D eigenvalue weighted by atomic mass is 35.5. The molecule has 5 nitrogen and oxygen atoms in total. The van der Waals surface area contributed by atoms with Gasteiger partial charge in [-0.3, -0.25) is 4.90 Å². The number of carbonyl (C=O) groups excluding carboxylic acids is 2. The van der Waals surface area contributed by atoms with Crippen molar-refractivity contribution in [3.05, 3.63) is 58.8 Å². The smallest absolute Gasteiger partial charge is 0.338 e. The first-order chi connectivity index (χ1) is 11.0. The predicted molar refractivity (Wildman–Crippen MR) is 89.0 cm³/mol. The summed E-state index contributed by atoms with van der Waals surface area (Å²) < 4.78 is 5.16. The van der Waals surface area contributed by atoms with Crippen molar-refractivity contribution in [1.29, 1.82) is 0 Å². The molecular weight excluding hydrogens is 316 g/mol. The molecule has 0 fully saturated rings. The van der Waals surface area contributed by atoms with Crippen LogP contribution in [0.1, 0.15) is 25.5 Å². The first-order valence-corrected chi connectivity index (χ1v) is 7.70. The second kappa shape index (κ2) is 7.33. The summed E-state index contributed by atoms with van der Waals surface area (Å²) in [6.45, 7) is 7.65. The van der Waals surface area contributed by atoms with Crippen molar-refractivity contribution in [2.24, 2.45) is 0 Å². The summed E-state index contributed by atoms with van der Waals surface area (Å²) in [6.07, 6.45) is 1.60. The fourth-order valence-corrected chi connectivity index (χ4v) is 2.79. The van der Waals surface area contributed by atoms with Crippen LogP contribution in [0.25, 0.3) is 0 Å². The van der Waals surface area contributed by atoms with Crippen molar-refractivity contribution in [1.82, 2.24) is 10.2 Å². The Morgan fingerprint density at radius 3 is 2.78 bits per heavy atom. The Kier molecular flexibility index (Phi) is 5.45. The summed E-state index contributed by atoms with van der Waals surface area (Å²) in [6, 6.07) is 6.15. The van der Waals surface area contributed by atoms with Crippen LogP contribution in [-0.4, -0.2) is 30.1 Å². The van der Waals surface area contributed by atoms with Crippen LogP contribution in [0.5, 0.6) is 0 Å². The van der Waals surface area contributed by atoms with Crippen molar-refractivity contribution in [3.8, 4) is 0 Å². The van der Waals surface area contributed by atoms with E-state index < -0.39 is 12.0 Å². The zero-order valence-corrected chi connectivity index (χ0v) is 13.9. The Labute approximate surface area is 140 Å². The number of carbonyl (C=O) groups is 2. The van der Waals surface area contributed by atoms with Crippen molar-refractivity contribution < 1.29 is 14.3 Å². The van der Waals surface area contributed by atoms with Crippen molar-refractivity contribution in [2.45, 2.75) is 19.9 Å². The first-order valence-electron chi connectivity index (χ1n) is 7.32. The van der Waals surface area contributed by atoms with Crippen LogP contribution in [0.15, 0.2) is 48.2 Å². The fourth-order valence-electron chi connectivity index (χ4n) is 2.55. The van der Waals surface area contributed by atoms with E-state index in [2.05, 4.69) is 11.9 Å². The third kappa shape index (κ3) is 3.40. The van der Waals surface area contributed by atoms with Crippen molar-refractivity contribution >= 4 is 23.6 Å². The molecule has 1 aliphatic rings. The molecule has 0 spiro atoms. The maximum absolute atomic E-state index is 12.4. The Hall–Kier alpha value is -2.27. The molecular formula is C17H19ClN2O3. The van der Waals surface area contributed by atoms with Crippen LogP contribution in [0, 0.1) is 0 Å². The standard InChI is InChI=1S/C17H19ClN2O3/c1-4-10-20-11(3)14(16(21)23-5-2)15(19-17(20)22)12-8-6-7-9-13(12)18/h4,6-9,15H,1,5,10H2,2-3H3,(H,19,22)/t15-/m1/s1. The average Bonchev–Trinajstić information content (AvgIpc) is 2.51. The predicted octanol–water partition coefficient (Wildman–Crippen LogP) is 3.43. The molecule has 0 saturated carbocycles. The van der Waals surface area contributed by atoms with Crippen LogP contribution in [0.4, 0.5) is 4.79 Å². The number of hydrogen-bond acceptors (Lipinski definition) is 3. The molecule has 0 radical (unpaired) electrons. The number of ether oxygens (including phenoxy) is 1. The lowest BCUT2D eigenvalue weighted by Crippen LogP contribution is -2.48. The van der Waals surface area contributed by atoms with E-state index in [1.807, 2.05) is 6.07 Å². The second-order valence-corrected chi connectivity index (χ2v) is 5.43. The van der Waals surface area contributed by atoms with Gasteiger partial charge in [-0.05, 0) is 25.5 Å². The van der Waals surface area contributed by atoms with Gasteiger partial charge < -0.3 is 10.1 Å². The summed E-state index contributed by atoms with van der Waals surface area (Å²) in [4.78, 5) is 26.2. The Morgan fingerprint density at radius 2 is 2.17 bits per heavy atom. The summed E-state index contributed by atoms with van der Waals surface area (Å²) in [7, 11) is 0. The molecule has 0 saturated heterocycles. The van der Waals surface area contributed by atoms with E-state index >= 15 is 0 Å². The number of urea groups is 1. The summed E-state index contributed by atoms with van der Waals surface area (Å²) in [5, 5.41) is 3.30. The highest BCUT2D eigenvalue weighted by Crippen LogP contribution is 2.34. The minimum Gasteiger partial charge on any atom is -0.463 e. The molecule has 6 heteroatoms. The third-order valence-electron chi connectivity index (χ3n) is 3.62. The van der Waals surface area contributed by atoms with Crippen LogP contribution in [0.3, 0.4) is 0 Å². The van der Waals surface area contributed by atoms with E-state index in [1.165, 1.54) is 4.90 Å². The number of allylic oxidation sites excluding steroid dienone is 1. The van der Waals surface area contributed by atoms with E-state index in [0.29, 0.717) is 28.4 Å². The van der Waals surface area contributed by atoms with E-state index in [1.54, 1.807) is 38.1 Å². The highest BCUT2D eigenvalue weighted by molar-refractivity contribution is 6.31. The summed E-state index contributed by atoms with van der Waals surface area (Å²) in [5.41, 5.74) is 1.57. The molecule has 0 unspecified atom stereocenters. The zero-order chi connectivity index (χ0) is 17.0. The number of halogens is 1. The lowest BCUT2D eigenvalue weighted by Gasteiger charge is -2.35. The molecule has 122 valence electrons. The van der Waals surface area contributed by atoms with Crippen LogP contribution >= 0.6 is 11.6 Å². The van der Waals surface area contributed by atoms with Gasteiger partial charge in [0.2, 0.25) is 0 Å². The van der Waals surface area contributed by atoms with E-state index in [4.69, 9.17) is 16.3 Å². The average molecular weight is 335 g/mol. The zero-order valence-electron chi connectivity index (χ0n) is 13.1. The van der Waals surface area contributed by atoms with Crippen LogP contribution in [0.2, 0.25) is 5.02 Å². The maximum atomic E-state index is 12.4. The Morgan fingerprint density at radius 1 is 1.48 bits per heavy atom. The number of esters is 1. The first kappa shape index (κ1) is 17.1. The Balaban J connectivity index is 2.56. The lowest BCUT2D eigenvalue weighted by molar-refractivity contribution is -0.139. The van der Waals surface area contributed by atoms with Crippen molar-refractivity contribution in [2.75, 3.05) is 13.2 Å². The molecule has 1 aromatic rings. The monoisotopic (exact) mass is 334 g/mol. The van der Waals surface area contributed by atoms with Gasteiger partial charge in [-0.1, -0.05) is 35.9 Å². The second-order valence-electron chi connectivity index (χ2n) is 5.02. The van der Waals surface area contributed by atoms with Gasteiger partial charge in [-0.25, -0.2) is 9.59 Å². The van der Waals surface area contributed by atoms with E-state index in [0.717, 1.165) is 0 Å². The normalized spacial score (nSPS) is 17.8. The third-order valence-corrected chi connectivity index (χ3v) is 3.96. The van der Waals surface area contributed by atoms with Gasteiger partial charge in [0, 0.05) is 17.3 Å². The van der Waals surface area contributed by atoms with Gasteiger partial charge >= 0.3 is 12.0 Å². The molecule has 1 atom stereocenters. The number of hydrogen-bond donors (Lipinski definition) is 1. The van der Waals surface area contributed by atoms with Gasteiger partial charge in [-0.15, -0.1) is 6.58 Å². The Bertz CT molecular complexity index is 670. The molecule has 1 aliphatic heterocycles. The van der Waals surface area contributed by atoms with Gasteiger partial charge in [0.05, 0.1) is 18.2 Å². The molecule has 1 N–H and O–H groups in total. The van der Waals surface area contributed by atoms with E-state index in [9.17, 15) is 9.59 Å². The van der Waals surface area contributed by atoms with Crippen LogP contribution < -0.4 is 5.32 Å². The van der Waals surface area contributed by atoms with Gasteiger partial charge in [0.1, 0.15) is 0 Å². The molecule has 0 aliphatic carbocycles. The quantitative estimate of drug-likeness (QED) is 0.663. The largest absolute Gasteiger partial charge is 0.463 e. The minimum absolute atomic E-state index is 0.250. The van der Waals surface area contributed by atoms with Gasteiger partial charge in [0.15, 0.2) is 0 Å². The number of nitrogens with one attached hydrogen (secondary N) is 1. The molecule has 0 bridgehead atoms. The molecule has 1 aromatic carbocycles. The number of rotatable bonds is 5. The molecule has 2 amide bonds. The summed E-state index contributed by atoms with van der Waals surface area (Å²) >= 11 is 6.24. The number of nitrogens with zero attached hydrogens (tertiary/aromatic N) is 1. The fraction of sp³-hybridized carbons (Fsp3) is 0.294. The summed E-state index contributed by atoms with van der Waals surface area (Å²) in [5.74, 6) is -0.469. The molecule has 0 aromatic heterocycles. The number of amides is 2. The number of benzene rings is 1. The molecule has 1 heterocycles. The maximum Gasteiger partial charge on any atom is 0.338 e. The SMILES string of the molecule is C=CCN1C(=O)N[C@H](c2ccccc2Cl)C(C(=O)OCC)=C1C. The highest BCUT2D eigenvalue weighted by Gasteiger charge is 2.36. The molecule has 2 rings (SSSR count). The molecule has 23 heavy (non-hydrogen) atoms.